The molecule has 2 aromatic carbocycles. The summed E-state index contributed by atoms with van der Waals surface area (Å²) in [6.07, 6.45) is 0. The van der Waals surface area contributed by atoms with E-state index < -0.39 is 6.04 Å². The van der Waals surface area contributed by atoms with Gasteiger partial charge in [-0.1, -0.05) is 30.3 Å². The van der Waals surface area contributed by atoms with Crippen LogP contribution in [0.5, 0.6) is 11.5 Å². The zero-order chi connectivity index (χ0) is 20.2. The smallest absolute Gasteiger partial charge is 0.252 e. The number of benzene rings is 2. The SMILES string of the molecule is C[C@@H](NC(=O)c1ccc2c(c1)OCO2)C(=O)N1CCN(Cc2ccccc2)CC1. The number of nitrogens with one attached hydrogen (secondary N) is 1. The summed E-state index contributed by atoms with van der Waals surface area (Å²) in [6, 6.07) is 14.7. The Balaban J connectivity index is 1.28. The molecular weight excluding hydrogens is 370 g/mol. The highest BCUT2D eigenvalue weighted by atomic mass is 16.7. The van der Waals surface area contributed by atoms with Gasteiger partial charge in [0.25, 0.3) is 5.91 Å². The Bertz CT molecular complexity index is 879. The third kappa shape index (κ3) is 4.51. The predicted octanol–water partition coefficient (Wildman–Crippen LogP) is 1.88. The van der Waals surface area contributed by atoms with Gasteiger partial charge in [0.2, 0.25) is 12.7 Å². The van der Waals surface area contributed by atoms with E-state index in [2.05, 4.69) is 22.3 Å². The van der Waals surface area contributed by atoms with Gasteiger partial charge in [0.1, 0.15) is 6.04 Å². The van der Waals surface area contributed by atoms with E-state index in [0.717, 1.165) is 19.6 Å². The zero-order valence-electron chi connectivity index (χ0n) is 16.5. The van der Waals surface area contributed by atoms with Crippen molar-refractivity contribution in [3.63, 3.8) is 0 Å². The van der Waals surface area contributed by atoms with Gasteiger partial charge in [-0.15, -0.1) is 0 Å². The molecule has 1 N–H and O–H groups in total. The minimum absolute atomic E-state index is 0.0570. The minimum Gasteiger partial charge on any atom is -0.454 e. The molecule has 0 saturated carbocycles. The molecule has 0 aliphatic carbocycles. The molecule has 4 rings (SSSR count). The second-order valence-corrected chi connectivity index (χ2v) is 7.35. The van der Waals surface area contributed by atoms with Crippen LogP contribution in [0.4, 0.5) is 0 Å². The van der Waals surface area contributed by atoms with Gasteiger partial charge < -0.3 is 19.7 Å². The van der Waals surface area contributed by atoms with Crippen molar-refractivity contribution >= 4 is 11.8 Å². The van der Waals surface area contributed by atoms with E-state index in [9.17, 15) is 9.59 Å². The lowest BCUT2D eigenvalue weighted by Crippen LogP contribution is -2.53. The molecular formula is C22H25N3O4. The standard InChI is InChI=1S/C22H25N3O4/c1-16(23-21(26)18-7-8-19-20(13-18)29-15-28-19)22(27)25-11-9-24(10-12-25)14-17-5-3-2-4-6-17/h2-8,13,16H,9-12,14-15H2,1H3,(H,23,26)/t16-/m1/s1. The molecule has 7 nitrogen and oxygen atoms in total. The first kappa shape index (κ1) is 19.3. The molecule has 1 atom stereocenters. The van der Waals surface area contributed by atoms with Crippen molar-refractivity contribution in [2.75, 3.05) is 33.0 Å². The van der Waals surface area contributed by atoms with Crippen LogP contribution in [0, 0.1) is 0 Å². The van der Waals surface area contributed by atoms with Gasteiger partial charge in [0.05, 0.1) is 0 Å². The fourth-order valence-corrected chi connectivity index (χ4v) is 3.62. The third-order valence-corrected chi connectivity index (χ3v) is 5.29. The average molecular weight is 395 g/mol. The van der Waals surface area contributed by atoms with Gasteiger partial charge in [-0.25, -0.2) is 0 Å². The molecule has 29 heavy (non-hydrogen) atoms. The van der Waals surface area contributed by atoms with Crippen LogP contribution in [0.3, 0.4) is 0 Å². The molecule has 7 heteroatoms. The summed E-state index contributed by atoms with van der Waals surface area (Å²) in [6.45, 7) is 5.74. The number of amides is 2. The van der Waals surface area contributed by atoms with Crippen LogP contribution in [0.2, 0.25) is 0 Å². The van der Waals surface area contributed by atoms with E-state index in [-0.39, 0.29) is 18.6 Å². The summed E-state index contributed by atoms with van der Waals surface area (Å²) in [5, 5.41) is 2.80. The number of ether oxygens (including phenoxy) is 2. The zero-order valence-corrected chi connectivity index (χ0v) is 16.5. The normalized spacial score (nSPS) is 17.1. The molecule has 2 aromatic rings. The molecule has 0 bridgehead atoms. The van der Waals surface area contributed by atoms with Crippen molar-refractivity contribution in [1.29, 1.82) is 0 Å². The Morgan fingerprint density at radius 2 is 1.72 bits per heavy atom. The quantitative estimate of drug-likeness (QED) is 0.837. The molecule has 0 unspecified atom stereocenters. The first-order valence-electron chi connectivity index (χ1n) is 9.86. The summed E-state index contributed by atoms with van der Waals surface area (Å²) >= 11 is 0. The third-order valence-electron chi connectivity index (χ3n) is 5.29. The highest BCUT2D eigenvalue weighted by molar-refractivity contribution is 5.98. The van der Waals surface area contributed by atoms with Crippen molar-refractivity contribution in [3.05, 3.63) is 59.7 Å². The Hall–Kier alpha value is -3.06. The van der Waals surface area contributed by atoms with E-state index >= 15 is 0 Å². The van der Waals surface area contributed by atoms with Crippen LogP contribution >= 0.6 is 0 Å². The number of hydrogen-bond acceptors (Lipinski definition) is 5. The first-order valence-corrected chi connectivity index (χ1v) is 9.86. The lowest BCUT2D eigenvalue weighted by Gasteiger charge is -2.36. The minimum atomic E-state index is -0.589. The van der Waals surface area contributed by atoms with Crippen LogP contribution in [0.1, 0.15) is 22.8 Å². The fraction of sp³-hybridized carbons (Fsp3) is 0.364. The van der Waals surface area contributed by atoms with Crippen molar-refractivity contribution in [3.8, 4) is 11.5 Å². The van der Waals surface area contributed by atoms with Crippen molar-refractivity contribution in [2.45, 2.75) is 19.5 Å². The molecule has 1 fully saturated rings. The second-order valence-electron chi connectivity index (χ2n) is 7.35. The van der Waals surface area contributed by atoms with Crippen molar-refractivity contribution in [1.82, 2.24) is 15.1 Å². The van der Waals surface area contributed by atoms with Gasteiger partial charge in [-0.2, -0.15) is 0 Å². The number of carbonyl (C=O) groups is 2. The van der Waals surface area contributed by atoms with Gasteiger partial charge in [-0.05, 0) is 30.7 Å². The highest BCUT2D eigenvalue weighted by Crippen LogP contribution is 2.32. The summed E-state index contributed by atoms with van der Waals surface area (Å²) in [7, 11) is 0. The molecule has 1 saturated heterocycles. The lowest BCUT2D eigenvalue weighted by molar-refractivity contribution is -0.134. The maximum Gasteiger partial charge on any atom is 0.252 e. The van der Waals surface area contributed by atoms with Crippen LogP contribution < -0.4 is 14.8 Å². The number of rotatable bonds is 5. The maximum atomic E-state index is 12.8. The lowest BCUT2D eigenvalue weighted by atomic mass is 10.1. The summed E-state index contributed by atoms with van der Waals surface area (Å²) in [4.78, 5) is 29.4. The summed E-state index contributed by atoms with van der Waals surface area (Å²) < 4.78 is 10.6. The van der Waals surface area contributed by atoms with Gasteiger partial charge in [0.15, 0.2) is 11.5 Å². The predicted molar refractivity (Wildman–Crippen MR) is 108 cm³/mol. The summed E-state index contributed by atoms with van der Waals surface area (Å²) in [5.41, 5.74) is 1.72. The molecule has 2 aliphatic heterocycles. The van der Waals surface area contributed by atoms with E-state index in [1.807, 2.05) is 23.1 Å². The molecule has 0 radical (unpaired) electrons. The van der Waals surface area contributed by atoms with Gasteiger partial charge in [-0.3, -0.25) is 14.5 Å². The highest BCUT2D eigenvalue weighted by Gasteiger charge is 2.26. The van der Waals surface area contributed by atoms with Crippen LogP contribution in [-0.4, -0.2) is 60.6 Å². The Kier molecular flexibility index (Phi) is 5.67. The van der Waals surface area contributed by atoms with Crippen LogP contribution in [0.25, 0.3) is 0 Å². The monoisotopic (exact) mass is 395 g/mol. The van der Waals surface area contributed by atoms with E-state index in [4.69, 9.17) is 9.47 Å². The maximum absolute atomic E-state index is 12.8. The van der Waals surface area contributed by atoms with Crippen LogP contribution in [-0.2, 0) is 11.3 Å². The van der Waals surface area contributed by atoms with Crippen LogP contribution in [0.15, 0.2) is 48.5 Å². The molecule has 152 valence electrons. The largest absolute Gasteiger partial charge is 0.454 e. The first-order chi connectivity index (χ1) is 14.1. The average Bonchev–Trinajstić information content (AvgIpc) is 3.22. The number of piperazine rings is 1. The number of carbonyl (C=O) groups excluding carboxylic acids is 2. The van der Waals surface area contributed by atoms with Crippen molar-refractivity contribution in [2.24, 2.45) is 0 Å². The van der Waals surface area contributed by atoms with Gasteiger partial charge in [0, 0.05) is 38.3 Å². The topological polar surface area (TPSA) is 71.1 Å². The van der Waals surface area contributed by atoms with E-state index in [1.165, 1.54) is 5.56 Å². The number of fused-ring (bicyclic) bond motifs is 1. The molecule has 0 aromatic heterocycles. The van der Waals surface area contributed by atoms with E-state index in [0.29, 0.717) is 30.2 Å². The van der Waals surface area contributed by atoms with Crippen molar-refractivity contribution < 1.29 is 19.1 Å². The molecule has 2 aliphatic rings. The van der Waals surface area contributed by atoms with Gasteiger partial charge >= 0.3 is 0 Å². The Morgan fingerprint density at radius 1 is 1.00 bits per heavy atom. The Labute approximate surface area is 170 Å². The fourth-order valence-electron chi connectivity index (χ4n) is 3.62. The second kappa shape index (κ2) is 8.53. The number of hydrogen-bond donors (Lipinski definition) is 1. The molecule has 2 heterocycles. The molecule has 2 amide bonds. The Morgan fingerprint density at radius 3 is 2.48 bits per heavy atom. The molecule has 0 spiro atoms. The van der Waals surface area contributed by atoms with E-state index in [1.54, 1.807) is 25.1 Å². The summed E-state index contributed by atoms with van der Waals surface area (Å²) in [5.74, 6) is 0.815. The number of nitrogens with zero attached hydrogens (tertiary/aromatic N) is 2.